The molecule has 1 aromatic carbocycles. The summed E-state index contributed by atoms with van der Waals surface area (Å²) in [6.45, 7) is 0. The maximum atomic E-state index is 10.6. The van der Waals surface area contributed by atoms with Crippen LogP contribution in [-0.2, 0) is 0 Å². The average molecular weight is 399 g/mol. The fourth-order valence-corrected chi connectivity index (χ4v) is 4.09. The van der Waals surface area contributed by atoms with Crippen LogP contribution < -0.4 is 0 Å². The van der Waals surface area contributed by atoms with Gasteiger partial charge in [-0.3, -0.25) is 4.98 Å². The summed E-state index contributed by atoms with van der Waals surface area (Å²) in [5.41, 5.74) is 1.68. The Morgan fingerprint density at radius 1 is 1.16 bits per heavy atom. The molecule has 0 aliphatic carbocycles. The number of para-hydroxylation sites is 1. The van der Waals surface area contributed by atoms with E-state index in [2.05, 4.69) is 36.8 Å². The van der Waals surface area contributed by atoms with E-state index in [1.165, 1.54) is 11.3 Å². The zero-order valence-electron chi connectivity index (χ0n) is 9.68. The van der Waals surface area contributed by atoms with Gasteiger partial charge in [0.25, 0.3) is 0 Å². The van der Waals surface area contributed by atoms with Crippen molar-refractivity contribution in [2.75, 3.05) is 0 Å². The number of benzene rings is 1. The number of hydrogen-bond acceptors (Lipinski definition) is 3. The molecule has 19 heavy (non-hydrogen) atoms. The van der Waals surface area contributed by atoms with E-state index >= 15 is 0 Å². The van der Waals surface area contributed by atoms with Crippen molar-refractivity contribution in [3.8, 4) is 0 Å². The first-order chi connectivity index (χ1) is 9.16. The fourth-order valence-electron chi connectivity index (χ4n) is 2.00. The van der Waals surface area contributed by atoms with Crippen LogP contribution in [0.5, 0.6) is 0 Å². The second-order valence-electron chi connectivity index (χ2n) is 4.10. The highest BCUT2D eigenvalue weighted by molar-refractivity contribution is 9.13. The number of hydrogen-bond donors (Lipinski definition) is 1. The average Bonchev–Trinajstić information content (AvgIpc) is 2.77. The molecule has 0 fully saturated rings. The molecule has 2 nitrogen and oxygen atoms in total. The van der Waals surface area contributed by atoms with E-state index < -0.39 is 6.10 Å². The number of rotatable bonds is 2. The van der Waals surface area contributed by atoms with Crippen molar-refractivity contribution in [3.05, 3.63) is 61.3 Å². The molecule has 2 heterocycles. The van der Waals surface area contributed by atoms with E-state index in [4.69, 9.17) is 0 Å². The number of aliphatic hydroxyl groups excluding tert-OH is 1. The first kappa shape index (κ1) is 13.2. The molecule has 2 aromatic heterocycles. The third-order valence-corrected chi connectivity index (χ3v) is 6.20. The predicted octanol–water partition coefficient (Wildman–Crippen LogP) is 4.90. The van der Waals surface area contributed by atoms with Gasteiger partial charge in [0, 0.05) is 26.5 Å². The van der Waals surface area contributed by atoms with E-state index in [1.807, 2.05) is 36.4 Å². The third-order valence-electron chi connectivity index (χ3n) is 2.89. The van der Waals surface area contributed by atoms with Crippen molar-refractivity contribution >= 4 is 54.1 Å². The number of fused-ring (bicyclic) bond motifs is 1. The molecule has 3 rings (SSSR count). The van der Waals surface area contributed by atoms with E-state index in [0.717, 1.165) is 29.6 Å². The van der Waals surface area contributed by atoms with Crippen molar-refractivity contribution in [2.45, 2.75) is 6.10 Å². The Morgan fingerprint density at radius 2 is 1.95 bits per heavy atom. The topological polar surface area (TPSA) is 33.1 Å². The number of aliphatic hydroxyl groups is 1. The Bertz CT molecular complexity index is 716. The van der Waals surface area contributed by atoms with Gasteiger partial charge in [-0.25, -0.2) is 0 Å². The van der Waals surface area contributed by atoms with Crippen LogP contribution in [0, 0.1) is 0 Å². The second kappa shape index (κ2) is 5.32. The predicted molar refractivity (Wildman–Crippen MR) is 85.5 cm³/mol. The van der Waals surface area contributed by atoms with Crippen LogP contribution in [0.4, 0.5) is 0 Å². The van der Waals surface area contributed by atoms with Gasteiger partial charge in [-0.1, -0.05) is 24.3 Å². The summed E-state index contributed by atoms with van der Waals surface area (Å²) >= 11 is 8.41. The Kier molecular flexibility index (Phi) is 3.71. The number of thiophene rings is 1. The molecule has 1 unspecified atom stereocenters. The van der Waals surface area contributed by atoms with Crippen LogP contribution in [0.2, 0.25) is 0 Å². The van der Waals surface area contributed by atoms with Crippen LogP contribution in [0.3, 0.4) is 0 Å². The summed E-state index contributed by atoms with van der Waals surface area (Å²) in [7, 11) is 0. The van der Waals surface area contributed by atoms with Gasteiger partial charge in [-0.05, 0) is 44.0 Å². The molecule has 1 N–H and O–H groups in total. The smallest absolute Gasteiger partial charge is 0.115 e. The molecule has 0 aliphatic rings. The van der Waals surface area contributed by atoms with E-state index in [0.29, 0.717) is 0 Å². The minimum absolute atomic E-state index is 0.661. The summed E-state index contributed by atoms with van der Waals surface area (Å²) in [4.78, 5) is 5.26. The molecule has 0 aliphatic heterocycles. The Labute approximate surface area is 131 Å². The maximum absolute atomic E-state index is 10.6. The van der Waals surface area contributed by atoms with E-state index in [9.17, 15) is 5.11 Å². The van der Waals surface area contributed by atoms with Gasteiger partial charge in [0.2, 0.25) is 0 Å². The first-order valence-corrected chi connectivity index (χ1v) is 8.03. The highest BCUT2D eigenvalue weighted by Gasteiger charge is 2.17. The number of pyridine rings is 1. The molecule has 1 atom stereocenters. The van der Waals surface area contributed by atoms with Crippen molar-refractivity contribution in [1.29, 1.82) is 0 Å². The molecule has 0 saturated heterocycles. The van der Waals surface area contributed by atoms with Crippen molar-refractivity contribution < 1.29 is 5.11 Å². The number of halogens is 2. The Balaban J connectivity index is 2.13. The number of nitrogens with zero attached hydrogens (tertiary/aromatic N) is 1. The molecular weight excluding hydrogens is 390 g/mol. The van der Waals surface area contributed by atoms with Crippen molar-refractivity contribution in [2.24, 2.45) is 0 Å². The van der Waals surface area contributed by atoms with Crippen LogP contribution >= 0.6 is 43.2 Å². The zero-order valence-corrected chi connectivity index (χ0v) is 13.7. The molecule has 0 saturated carbocycles. The Morgan fingerprint density at radius 3 is 2.68 bits per heavy atom. The Hall–Kier alpha value is -0.750. The van der Waals surface area contributed by atoms with Crippen molar-refractivity contribution in [3.63, 3.8) is 0 Å². The lowest BCUT2D eigenvalue weighted by molar-refractivity contribution is 0.225. The SMILES string of the molecule is OC(c1cc(Br)c(Br)s1)c1cccc2cccnc12. The molecule has 0 bridgehead atoms. The second-order valence-corrected chi connectivity index (χ2v) is 7.35. The van der Waals surface area contributed by atoms with Gasteiger partial charge in [-0.2, -0.15) is 0 Å². The molecule has 0 amide bonds. The summed E-state index contributed by atoms with van der Waals surface area (Å²) in [6.07, 6.45) is 1.09. The molecular formula is C14H9Br2NOS. The highest BCUT2D eigenvalue weighted by atomic mass is 79.9. The van der Waals surface area contributed by atoms with Crippen LogP contribution in [-0.4, -0.2) is 10.1 Å². The van der Waals surface area contributed by atoms with Gasteiger partial charge in [0.1, 0.15) is 6.10 Å². The van der Waals surface area contributed by atoms with Gasteiger partial charge < -0.3 is 5.11 Å². The van der Waals surface area contributed by atoms with Crippen LogP contribution in [0.1, 0.15) is 16.5 Å². The van der Waals surface area contributed by atoms with E-state index in [1.54, 1.807) is 6.20 Å². The maximum Gasteiger partial charge on any atom is 0.115 e. The zero-order chi connectivity index (χ0) is 13.4. The molecule has 5 heteroatoms. The van der Waals surface area contributed by atoms with Crippen LogP contribution in [0.15, 0.2) is 50.9 Å². The van der Waals surface area contributed by atoms with Crippen molar-refractivity contribution in [1.82, 2.24) is 4.98 Å². The molecule has 0 radical (unpaired) electrons. The number of aromatic nitrogens is 1. The van der Waals surface area contributed by atoms with Gasteiger partial charge in [0.05, 0.1) is 9.30 Å². The van der Waals surface area contributed by atoms with Gasteiger partial charge in [-0.15, -0.1) is 11.3 Å². The lowest BCUT2D eigenvalue weighted by Crippen LogP contribution is -1.99. The van der Waals surface area contributed by atoms with E-state index in [-0.39, 0.29) is 0 Å². The van der Waals surface area contributed by atoms with Gasteiger partial charge in [0.15, 0.2) is 0 Å². The lowest BCUT2D eigenvalue weighted by Gasteiger charge is -2.11. The minimum atomic E-state index is -0.661. The monoisotopic (exact) mass is 397 g/mol. The lowest BCUT2D eigenvalue weighted by atomic mass is 10.0. The summed E-state index contributed by atoms with van der Waals surface area (Å²) in [5.74, 6) is 0. The summed E-state index contributed by atoms with van der Waals surface area (Å²) < 4.78 is 1.94. The summed E-state index contributed by atoms with van der Waals surface area (Å²) in [5, 5.41) is 11.6. The fraction of sp³-hybridized carbons (Fsp3) is 0.0714. The standard InChI is InChI=1S/C14H9Br2NOS/c15-10-7-11(19-14(10)16)13(18)9-5-1-3-8-4-2-6-17-12(8)9/h1-7,13,18H. The van der Waals surface area contributed by atoms with Gasteiger partial charge >= 0.3 is 0 Å². The van der Waals surface area contributed by atoms with Crippen LogP contribution in [0.25, 0.3) is 10.9 Å². The first-order valence-electron chi connectivity index (χ1n) is 5.63. The highest BCUT2D eigenvalue weighted by Crippen LogP contribution is 2.38. The third kappa shape index (κ3) is 2.48. The minimum Gasteiger partial charge on any atom is -0.383 e. The molecule has 96 valence electrons. The largest absolute Gasteiger partial charge is 0.383 e. The molecule has 3 aromatic rings. The molecule has 0 spiro atoms. The quantitative estimate of drug-likeness (QED) is 0.665. The summed E-state index contributed by atoms with van der Waals surface area (Å²) in [6, 6.07) is 11.7. The normalized spacial score (nSPS) is 12.8.